The van der Waals surface area contributed by atoms with Gasteiger partial charge in [0.15, 0.2) is 0 Å². The van der Waals surface area contributed by atoms with Crippen molar-refractivity contribution in [2.24, 2.45) is 0 Å². The molecule has 0 saturated heterocycles. The second-order valence-corrected chi connectivity index (χ2v) is 5.18. The topological polar surface area (TPSA) is 84.9 Å². The average molecular weight is 329 g/mol. The molecule has 0 saturated carbocycles. The lowest BCUT2D eigenvalue weighted by atomic mass is 10.2. The highest BCUT2D eigenvalue weighted by atomic mass is 16.5. The first-order chi connectivity index (χ1) is 11.5. The predicted molar refractivity (Wildman–Crippen MR) is 89.4 cm³/mol. The van der Waals surface area contributed by atoms with Crippen LogP contribution in [-0.2, 0) is 9.53 Å². The van der Waals surface area contributed by atoms with Gasteiger partial charge in [0, 0.05) is 0 Å². The molecule has 1 amide bonds. The Kier molecular flexibility index (Phi) is 5.78. The molecule has 0 unspecified atom stereocenters. The Balaban J connectivity index is 1.85. The van der Waals surface area contributed by atoms with Gasteiger partial charge in [-0.3, -0.25) is 4.79 Å². The second-order valence-electron chi connectivity index (χ2n) is 5.18. The summed E-state index contributed by atoms with van der Waals surface area (Å²) in [5.41, 5.74) is 1.56. The highest BCUT2D eigenvalue weighted by Gasteiger charge is 2.11. The van der Waals surface area contributed by atoms with Crippen LogP contribution in [0.1, 0.15) is 22.3 Å². The normalized spacial score (nSPS) is 10.1. The van der Waals surface area contributed by atoms with Crippen molar-refractivity contribution >= 4 is 17.6 Å². The van der Waals surface area contributed by atoms with E-state index in [0.29, 0.717) is 5.75 Å². The Morgan fingerprint density at radius 1 is 1.12 bits per heavy atom. The van der Waals surface area contributed by atoms with Crippen LogP contribution in [0.3, 0.4) is 0 Å². The van der Waals surface area contributed by atoms with E-state index in [1.165, 1.54) is 25.3 Å². The Hall–Kier alpha value is -3.02. The molecule has 2 aromatic carbocycles. The molecule has 0 aliphatic rings. The first kappa shape index (κ1) is 17.3. The third-order valence-corrected chi connectivity index (χ3v) is 3.31. The second kappa shape index (κ2) is 8.01. The number of carbonyl (C=O) groups is 2. The van der Waals surface area contributed by atoms with Crippen LogP contribution in [0.2, 0.25) is 0 Å². The van der Waals surface area contributed by atoms with Crippen molar-refractivity contribution in [3.8, 4) is 11.5 Å². The van der Waals surface area contributed by atoms with Crippen LogP contribution < -0.4 is 10.1 Å². The summed E-state index contributed by atoms with van der Waals surface area (Å²) in [4.78, 5) is 23.2. The number of hydrogen-bond acceptors (Lipinski definition) is 5. The average Bonchev–Trinajstić information content (AvgIpc) is 2.57. The minimum atomic E-state index is -0.560. The van der Waals surface area contributed by atoms with Gasteiger partial charge in [-0.1, -0.05) is 17.7 Å². The molecule has 0 aliphatic carbocycles. The number of amides is 1. The number of phenols is 1. The number of aromatic hydroxyl groups is 1. The van der Waals surface area contributed by atoms with E-state index in [9.17, 15) is 14.7 Å². The zero-order valence-corrected chi connectivity index (χ0v) is 13.5. The zero-order chi connectivity index (χ0) is 17.5. The third-order valence-electron chi connectivity index (χ3n) is 3.31. The summed E-state index contributed by atoms with van der Waals surface area (Å²) in [6, 6.07) is 11.7. The number of ether oxygens (including phenoxy) is 2. The lowest BCUT2D eigenvalue weighted by Gasteiger charge is -2.09. The zero-order valence-electron chi connectivity index (χ0n) is 13.5. The van der Waals surface area contributed by atoms with Gasteiger partial charge in [0.05, 0.1) is 31.4 Å². The number of phenolic OH excluding ortho intramolecular Hbond substituents is 1. The van der Waals surface area contributed by atoms with Gasteiger partial charge in [-0.15, -0.1) is 0 Å². The van der Waals surface area contributed by atoms with E-state index in [1.807, 2.05) is 31.2 Å². The fourth-order valence-electron chi connectivity index (χ4n) is 1.99. The molecule has 0 fully saturated rings. The lowest BCUT2D eigenvalue weighted by molar-refractivity contribution is -0.116. The van der Waals surface area contributed by atoms with Crippen molar-refractivity contribution in [1.29, 1.82) is 0 Å². The summed E-state index contributed by atoms with van der Waals surface area (Å²) >= 11 is 0. The van der Waals surface area contributed by atoms with Crippen molar-refractivity contribution in [2.45, 2.75) is 13.3 Å². The van der Waals surface area contributed by atoms with Gasteiger partial charge in [0.1, 0.15) is 11.5 Å². The quantitative estimate of drug-likeness (QED) is 0.629. The molecule has 2 rings (SSSR count). The smallest absolute Gasteiger partial charge is 0.337 e. The Labute approximate surface area is 140 Å². The van der Waals surface area contributed by atoms with Gasteiger partial charge < -0.3 is 19.9 Å². The van der Waals surface area contributed by atoms with Gasteiger partial charge in [0.25, 0.3) is 0 Å². The molecular weight excluding hydrogens is 310 g/mol. The fourth-order valence-corrected chi connectivity index (χ4v) is 1.99. The minimum absolute atomic E-state index is 0.131. The number of esters is 1. The molecular formula is C18H19NO5. The van der Waals surface area contributed by atoms with E-state index in [1.54, 1.807) is 0 Å². The fraction of sp³-hybridized carbons (Fsp3) is 0.222. The number of carbonyl (C=O) groups excluding carboxylic acids is 2. The number of aryl methyl sites for hydroxylation is 1. The van der Waals surface area contributed by atoms with Gasteiger partial charge in [-0.05, 0) is 37.3 Å². The van der Waals surface area contributed by atoms with E-state index in [4.69, 9.17) is 4.74 Å². The molecule has 0 aromatic heterocycles. The van der Waals surface area contributed by atoms with E-state index in [2.05, 4.69) is 10.1 Å². The summed E-state index contributed by atoms with van der Waals surface area (Å²) in [7, 11) is 1.25. The van der Waals surface area contributed by atoms with Crippen LogP contribution in [0.4, 0.5) is 5.69 Å². The van der Waals surface area contributed by atoms with Crippen LogP contribution in [0.25, 0.3) is 0 Å². The maximum Gasteiger partial charge on any atom is 0.337 e. The molecule has 0 aliphatic heterocycles. The molecule has 0 atom stereocenters. The number of methoxy groups -OCH3 is 1. The molecule has 0 bridgehead atoms. The Morgan fingerprint density at radius 2 is 1.83 bits per heavy atom. The minimum Gasteiger partial charge on any atom is -0.506 e. The van der Waals surface area contributed by atoms with Gasteiger partial charge in [0.2, 0.25) is 5.91 Å². The predicted octanol–water partition coefficient (Wildman–Crippen LogP) is 2.89. The van der Waals surface area contributed by atoms with Crippen molar-refractivity contribution in [3.63, 3.8) is 0 Å². The standard InChI is InChI=1S/C18H19NO5/c1-12-3-6-14(7-4-12)24-10-9-17(21)19-15-8-5-13(11-16(15)20)18(22)23-2/h3-8,11,20H,9-10H2,1-2H3,(H,19,21). The Morgan fingerprint density at radius 3 is 2.46 bits per heavy atom. The largest absolute Gasteiger partial charge is 0.506 e. The SMILES string of the molecule is COC(=O)c1ccc(NC(=O)CCOc2ccc(C)cc2)c(O)c1. The first-order valence-corrected chi connectivity index (χ1v) is 7.40. The molecule has 0 radical (unpaired) electrons. The number of rotatable bonds is 6. The summed E-state index contributed by atoms with van der Waals surface area (Å²) in [5, 5.41) is 12.4. The van der Waals surface area contributed by atoms with Crippen LogP contribution in [0.15, 0.2) is 42.5 Å². The molecule has 24 heavy (non-hydrogen) atoms. The van der Waals surface area contributed by atoms with E-state index < -0.39 is 5.97 Å². The maximum atomic E-state index is 11.9. The van der Waals surface area contributed by atoms with Crippen LogP contribution in [0.5, 0.6) is 11.5 Å². The number of anilines is 1. The number of nitrogens with one attached hydrogen (secondary N) is 1. The third kappa shape index (κ3) is 4.74. The van der Waals surface area contributed by atoms with Crippen molar-refractivity contribution < 1.29 is 24.2 Å². The van der Waals surface area contributed by atoms with Crippen LogP contribution in [-0.4, -0.2) is 30.7 Å². The number of hydrogen-bond donors (Lipinski definition) is 2. The highest BCUT2D eigenvalue weighted by molar-refractivity contribution is 5.95. The highest BCUT2D eigenvalue weighted by Crippen LogP contribution is 2.24. The Bertz CT molecular complexity index is 725. The monoisotopic (exact) mass is 329 g/mol. The molecule has 2 N–H and O–H groups in total. The van der Waals surface area contributed by atoms with E-state index in [-0.39, 0.29) is 35.9 Å². The van der Waals surface area contributed by atoms with Crippen molar-refractivity contribution in [1.82, 2.24) is 0 Å². The summed E-state index contributed by atoms with van der Waals surface area (Å²) in [6.45, 7) is 2.20. The summed E-state index contributed by atoms with van der Waals surface area (Å²) < 4.78 is 10.0. The molecule has 2 aromatic rings. The van der Waals surface area contributed by atoms with Gasteiger partial charge in [-0.2, -0.15) is 0 Å². The maximum absolute atomic E-state index is 11.9. The lowest BCUT2D eigenvalue weighted by Crippen LogP contribution is -2.15. The van der Waals surface area contributed by atoms with Gasteiger partial charge >= 0.3 is 5.97 Å². The number of benzene rings is 2. The van der Waals surface area contributed by atoms with E-state index in [0.717, 1.165) is 5.56 Å². The molecule has 6 heteroatoms. The summed E-state index contributed by atoms with van der Waals surface area (Å²) in [5.74, 6) is -0.373. The molecule has 0 spiro atoms. The molecule has 6 nitrogen and oxygen atoms in total. The van der Waals surface area contributed by atoms with Crippen molar-refractivity contribution in [2.75, 3.05) is 19.0 Å². The van der Waals surface area contributed by atoms with Gasteiger partial charge in [-0.25, -0.2) is 4.79 Å². The molecule has 126 valence electrons. The van der Waals surface area contributed by atoms with Crippen LogP contribution in [0, 0.1) is 6.92 Å². The first-order valence-electron chi connectivity index (χ1n) is 7.40. The summed E-state index contributed by atoms with van der Waals surface area (Å²) in [6.07, 6.45) is 0.131. The van der Waals surface area contributed by atoms with Crippen LogP contribution >= 0.6 is 0 Å². The van der Waals surface area contributed by atoms with E-state index >= 15 is 0 Å². The van der Waals surface area contributed by atoms with Crippen molar-refractivity contribution in [3.05, 3.63) is 53.6 Å². The molecule has 0 heterocycles.